The summed E-state index contributed by atoms with van der Waals surface area (Å²) in [4.78, 5) is 36.1. The molecule has 3 aromatic heterocycles. The zero-order valence-electron chi connectivity index (χ0n) is 36.0. The van der Waals surface area contributed by atoms with Gasteiger partial charge in [0, 0.05) is 35.1 Å². The van der Waals surface area contributed by atoms with Gasteiger partial charge in [-0.3, -0.25) is 9.59 Å². The predicted octanol–water partition coefficient (Wildman–Crippen LogP) is 14.4. The van der Waals surface area contributed by atoms with Gasteiger partial charge in [0.2, 0.25) is 0 Å². The van der Waals surface area contributed by atoms with E-state index >= 15 is 0 Å². The Balaban J connectivity index is 1.05. The second-order valence-corrected chi connectivity index (χ2v) is 18.6. The molecular weight excluding hydrogens is 787 g/mol. The van der Waals surface area contributed by atoms with E-state index in [-0.39, 0.29) is 11.8 Å². The third-order valence-corrected chi connectivity index (χ3v) is 14.2. The first kappa shape index (κ1) is 42.5. The molecule has 0 aliphatic carbocycles. The lowest BCUT2D eigenvalue weighted by atomic mass is 10.1. The minimum Gasteiger partial charge on any atom is -0.309 e. The molecule has 3 aromatic carbocycles. The van der Waals surface area contributed by atoms with Gasteiger partial charge in [-0.05, 0) is 72.8 Å². The fraction of sp³-hybridized carbons (Fsp3) is 0.370. The second-order valence-electron chi connectivity index (χ2n) is 16.6. The van der Waals surface area contributed by atoms with Crippen LogP contribution in [0.5, 0.6) is 0 Å². The van der Waals surface area contributed by atoms with Gasteiger partial charge in [0.05, 0.1) is 48.2 Å². The highest BCUT2D eigenvalue weighted by Crippen LogP contribution is 2.48. The van der Waals surface area contributed by atoms with Gasteiger partial charge in [-0.15, -0.1) is 22.7 Å². The summed E-state index contributed by atoms with van der Waals surface area (Å²) in [5.41, 5.74) is 7.14. The summed E-state index contributed by atoms with van der Waals surface area (Å²) in [6, 6.07) is 33.8. The summed E-state index contributed by atoms with van der Waals surface area (Å²) >= 11 is 3.19. The van der Waals surface area contributed by atoms with Crippen LogP contribution in [-0.4, -0.2) is 39.3 Å². The number of hydrogen-bond acceptors (Lipinski definition) is 4. The Hall–Kier alpha value is -5.16. The molecule has 0 unspecified atom stereocenters. The quantitative estimate of drug-likeness (QED) is 0.0535. The number of fused-ring (bicyclic) bond motifs is 4. The molecule has 314 valence electrons. The Morgan fingerprint density at radius 3 is 1.52 bits per heavy atom. The third kappa shape index (κ3) is 9.37. The molecule has 0 saturated carbocycles. The molecule has 2 aliphatic rings. The molecule has 61 heavy (non-hydrogen) atoms. The highest BCUT2D eigenvalue weighted by atomic mass is 32.1. The number of thiophene rings is 2. The lowest BCUT2D eigenvalue weighted by Crippen LogP contribution is -2.30. The van der Waals surface area contributed by atoms with Crippen LogP contribution in [0.3, 0.4) is 0 Å². The lowest BCUT2D eigenvalue weighted by Gasteiger charge is -2.24. The number of hydrogen-bond donors (Lipinski definition) is 0. The van der Waals surface area contributed by atoms with Gasteiger partial charge < -0.3 is 14.4 Å². The van der Waals surface area contributed by atoms with Crippen molar-refractivity contribution in [3.63, 3.8) is 0 Å². The Bertz CT molecular complexity index is 2520. The maximum absolute atomic E-state index is 14.7. The van der Waals surface area contributed by atoms with Crippen LogP contribution in [-0.2, 0) is 9.59 Å². The largest absolute Gasteiger partial charge is 0.309 e. The maximum atomic E-state index is 14.7. The fourth-order valence-corrected chi connectivity index (χ4v) is 10.8. The monoisotopic (exact) mass is 845 g/mol. The summed E-state index contributed by atoms with van der Waals surface area (Å²) in [5.74, 6) is 6.76. The number of benzene rings is 3. The Kier molecular flexibility index (Phi) is 14.4. The standard InChI is InChI=1S/C54H59N3O2S2/c1-3-5-7-9-11-13-15-21-37-55-51(47-28-23-39-60-47)49-50(54(55)59)52(56(53(49)58)38-22-16-14-12-10-8-6-4-2)48-36-35-42(61-48)34-31-40-29-32-41(33-30-40)57-45-26-19-17-24-43(45)44-25-18-20-27-46(44)57/h17-20,23-30,32-33,35-36,39H,3-16,21-22,37-38H2,1-2H3. The normalized spacial score (nSPS) is 14.0. The first-order chi connectivity index (χ1) is 30.1. The number of rotatable bonds is 21. The molecule has 6 aromatic rings. The van der Waals surface area contributed by atoms with Crippen LogP contribution in [0.15, 0.2) is 114 Å². The lowest BCUT2D eigenvalue weighted by molar-refractivity contribution is -0.124. The Labute approximate surface area is 370 Å². The van der Waals surface area contributed by atoms with Crippen molar-refractivity contribution in [2.45, 2.75) is 117 Å². The van der Waals surface area contributed by atoms with Crippen molar-refractivity contribution < 1.29 is 9.59 Å². The van der Waals surface area contributed by atoms with Crippen LogP contribution < -0.4 is 0 Å². The van der Waals surface area contributed by atoms with Crippen molar-refractivity contribution in [3.8, 4) is 17.5 Å². The Morgan fingerprint density at radius 2 is 1.00 bits per heavy atom. The number of aromatic nitrogens is 1. The summed E-state index contributed by atoms with van der Waals surface area (Å²) < 4.78 is 2.32. The van der Waals surface area contributed by atoms with Crippen molar-refractivity contribution in [2.75, 3.05) is 13.1 Å². The Morgan fingerprint density at radius 1 is 0.492 bits per heavy atom. The summed E-state index contributed by atoms with van der Waals surface area (Å²) in [7, 11) is 0. The van der Waals surface area contributed by atoms with Gasteiger partial charge in [0.1, 0.15) is 0 Å². The highest BCUT2D eigenvalue weighted by molar-refractivity contribution is 7.13. The fourth-order valence-electron chi connectivity index (χ4n) is 9.12. The van der Waals surface area contributed by atoms with Crippen LogP contribution in [0.25, 0.3) is 38.9 Å². The minimum atomic E-state index is -0.0347. The van der Waals surface area contributed by atoms with Crippen molar-refractivity contribution >= 4 is 67.7 Å². The van der Waals surface area contributed by atoms with E-state index in [0.717, 1.165) is 63.0 Å². The van der Waals surface area contributed by atoms with Crippen LogP contribution in [0.1, 0.15) is 137 Å². The topological polar surface area (TPSA) is 45.6 Å². The van der Waals surface area contributed by atoms with Crippen molar-refractivity contribution in [3.05, 3.63) is 134 Å². The van der Waals surface area contributed by atoms with E-state index in [0.29, 0.717) is 24.2 Å². The summed E-state index contributed by atoms with van der Waals surface area (Å²) in [6.07, 6.45) is 19.1. The van der Waals surface area contributed by atoms with Gasteiger partial charge in [-0.1, -0.05) is 158 Å². The molecule has 0 radical (unpaired) electrons. The second kappa shape index (κ2) is 20.6. The molecule has 2 amide bonds. The number of amides is 2. The van der Waals surface area contributed by atoms with Gasteiger partial charge in [-0.2, -0.15) is 0 Å². The van der Waals surface area contributed by atoms with E-state index < -0.39 is 0 Å². The van der Waals surface area contributed by atoms with Crippen molar-refractivity contribution in [1.82, 2.24) is 14.4 Å². The number of nitrogens with zero attached hydrogens (tertiary/aromatic N) is 3. The average molecular weight is 846 g/mol. The van der Waals surface area contributed by atoms with E-state index in [1.165, 1.54) is 98.9 Å². The molecule has 2 aliphatic heterocycles. The first-order valence-corrected chi connectivity index (χ1v) is 24.7. The van der Waals surface area contributed by atoms with Gasteiger partial charge in [-0.25, -0.2) is 0 Å². The van der Waals surface area contributed by atoms with Crippen LogP contribution in [0, 0.1) is 11.8 Å². The molecule has 0 atom stereocenters. The minimum absolute atomic E-state index is 0.0347. The zero-order valence-corrected chi connectivity index (χ0v) is 37.7. The molecule has 0 spiro atoms. The van der Waals surface area contributed by atoms with Gasteiger partial charge in [0.25, 0.3) is 11.8 Å². The summed E-state index contributed by atoms with van der Waals surface area (Å²) in [6.45, 7) is 5.74. The van der Waals surface area contributed by atoms with Gasteiger partial charge in [0.15, 0.2) is 0 Å². The van der Waals surface area contributed by atoms with Crippen molar-refractivity contribution in [1.29, 1.82) is 0 Å². The predicted molar refractivity (Wildman–Crippen MR) is 258 cm³/mol. The SMILES string of the molecule is CCCCCCCCCCN1C(=O)C2=C(c3ccc(C#Cc4ccc(-n5c6ccccc6c6ccccc65)cc4)s3)N(CCCCCCCCCC)C(=O)C2=C1c1cccs1. The van der Waals surface area contributed by atoms with Crippen LogP contribution in [0.4, 0.5) is 0 Å². The average Bonchev–Trinajstić information content (AvgIpc) is 4.13. The van der Waals surface area contributed by atoms with E-state index in [1.807, 2.05) is 27.3 Å². The van der Waals surface area contributed by atoms with Crippen molar-refractivity contribution in [2.24, 2.45) is 0 Å². The number of para-hydroxylation sites is 2. The number of carbonyl (C=O) groups is 2. The molecule has 0 bridgehead atoms. The molecule has 5 heterocycles. The van der Waals surface area contributed by atoms with Crippen LogP contribution >= 0.6 is 22.7 Å². The smallest absolute Gasteiger partial charge is 0.261 e. The number of carbonyl (C=O) groups excluding carboxylic acids is 2. The van der Waals surface area contributed by atoms with Crippen LogP contribution in [0.2, 0.25) is 0 Å². The molecule has 0 saturated heterocycles. The van der Waals surface area contributed by atoms with E-state index in [9.17, 15) is 9.59 Å². The molecule has 5 nitrogen and oxygen atoms in total. The molecular formula is C54H59N3O2S2. The van der Waals surface area contributed by atoms with E-state index in [4.69, 9.17) is 0 Å². The van der Waals surface area contributed by atoms with E-state index in [2.05, 4.69) is 115 Å². The third-order valence-electron chi connectivity index (χ3n) is 12.3. The molecule has 8 rings (SSSR count). The molecule has 7 heteroatoms. The molecule has 0 N–H and O–H groups in total. The number of unbranched alkanes of at least 4 members (excludes halogenated alkanes) is 14. The zero-order chi connectivity index (χ0) is 42.0. The van der Waals surface area contributed by atoms with E-state index in [1.54, 1.807) is 22.7 Å². The van der Waals surface area contributed by atoms with Gasteiger partial charge >= 0.3 is 0 Å². The first-order valence-electron chi connectivity index (χ1n) is 23.0. The molecule has 0 fully saturated rings. The maximum Gasteiger partial charge on any atom is 0.261 e. The highest BCUT2D eigenvalue weighted by Gasteiger charge is 2.49. The summed E-state index contributed by atoms with van der Waals surface area (Å²) in [5, 5.41) is 4.53.